The molecule has 0 amide bonds. The van der Waals surface area contributed by atoms with Crippen LogP contribution in [0.15, 0.2) is 121 Å². The summed E-state index contributed by atoms with van der Waals surface area (Å²) in [5.41, 5.74) is 2.63. The van der Waals surface area contributed by atoms with Crippen LogP contribution in [0, 0.1) is 0 Å². The summed E-state index contributed by atoms with van der Waals surface area (Å²) in [6, 6.07) is 24.8. The molecule has 4 aromatic rings. The van der Waals surface area contributed by atoms with E-state index in [-0.39, 0.29) is 31.1 Å². The van der Waals surface area contributed by atoms with E-state index in [4.69, 9.17) is 28.4 Å². The molecule has 0 saturated carbocycles. The number of benzene rings is 4. The fourth-order valence-electron chi connectivity index (χ4n) is 4.55. The summed E-state index contributed by atoms with van der Waals surface area (Å²) in [6.07, 6.45) is 4.66. The van der Waals surface area contributed by atoms with Crippen molar-refractivity contribution in [1.29, 1.82) is 0 Å². The molecule has 0 N–H and O–H groups in total. The maximum Gasteiger partial charge on any atom is 0.343 e. The number of hydrogen-bond acceptors (Lipinski definition) is 11. The van der Waals surface area contributed by atoms with Crippen molar-refractivity contribution in [2.24, 2.45) is 0 Å². The highest BCUT2D eigenvalue weighted by molar-refractivity contribution is 9.10. The zero-order valence-electron chi connectivity index (χ0n) is 28.8. The Bertz CT molecular complexity index is 1900. The normalized spacial score (nSPS) is 10.4. The lowest BCUT2D eigenvalue weighted by Crippen LogP contribution is -2.11. The van der Waals surface area contributed by atoms with E-state index >= 15 is 0 Å². The zero-order chi connectivity index (χ0) is 38.0. The van der Waals surface area contributed by atoms with Crippen molar-refractivity contribution in [2.75, 3.05) is 26.4 Å². The molecule has 53 heavy (non-hydrogen) atoms. The van der Waals surface area contributed by atoms with Crippen molar-refractivity contribution in [3.63, 3.8) is 0 Å². The van der Waals surface area contributed by atoms with Crippen molar-refractivity contribution >= 4 is 45.8 Å². The highest BCUT2D eigenvalue weighted by Gasteiger charge is 2.16. The van der Waals surface area contributed by atoms with Crippen LogP contribution < -0.4 is 14.2 Å². The molecule has 0 atom stereocenters. The molecule has 11 nitrogen and oxygen atoms in total. The fourth-order valence-corrected chi connectivity index (χ4v) is 5.01. The van der Waals surface area contributed by atoms with E-state index in [2.05, 4.69) is 29.1 Å². The second-order valence-corrected chi connectivity index (χ2v) is 12.0. The summed E-state index contributed by atoms with van der Waals surface area (Å²) >= 11 is 3.36. The van der Waals surface area contributed by atoms with Crippen molar-refractivity contribution in [3.05, 3.63) is 137 Å². The van der Waals surface area contributed by atoms with Crippen LogP contribution in [0.3, 0.4) is 0 Å². The van der Waals surface area contributed by atoms with Gasteiger partial charge in [-0.2, -0.15) is 0 Å². The van der Waals surface area contributed by atoms with E-state index in [0.717, 1.165) is 23.3 Å². The third kappa shape index (κ3) is 12.9. The maximum absolute atomic E-state index is 12.9. The van der Waals surface area contributed by atoms with Crippen LogP contribution in [-0.2, 0) is 23.8 Å². The lowest BCUT2D eigenvalue weighted by Gasteiger charge is -2.10. The second kappa shape index (κ2) is 20.7. The SMILES string of the molecule is C=CC(=O)OCCCCOC(=O)c1ccc(-c2ccc(OC(=O)c3ccc(OC(=O)c4ccc(OCCCCOC(=O)C=C)cc4)c(Br)c3)cc2)cc1. The summed E-state index contributed by atoms with van der Waals surface area (Å²) < 4.78 is 32.2. The van der Waals surface area contributed by atoms with Gasteiger partial charge in [-0.1, -0.05) is 37.4 Å². The number of esters is 5. The van der Waals surface area contributed by atoms with Gasteiger partial charge in [-0.25, -0.2) is 24.0 Å². The maximum atomic E-state index is 12.9. The quantitative estimate of drug-likeness (QED) is 0.0299. The van der Waals surface area contributed by atoms with Crippen LogP contribution in [0.5, 0.6) is 17.2 Å². The first-order valence-corrected chi connectivity index (χ1v) is 17.4. The number of hydrogen-bond donors (Lipinski definition) is 0. The van der Waals surface area contributed by atoms with Crippen molar-refractivity contribution in [1.82, 2.24) is 0 Å². The van der Waals surface area contributed by atoms with Gasteiger partial charge in [0, 0.05) is 12.2 Å². The highest BCUT2D eigenvalue weighted by Crippen LogP contribution is 2.29. The molecule has 0 fully saturated rings. The molecule has 4 rings (SSSR count). The molecule has 0 aliphatic rings. The Labute approximate surface area is 315 Å². The van der Waals surface area contributed by atoms with Crippen molar-refractivity contribution in [2.45, 2.75) is 25.7 Å². The Morgan fingerprint density at radius 3 is 1.53 bits per heavy atom. The minimum absolute atomic E-state index is 0.204. The Hall–Kier alpha value is -6.01. The standard InChI is InChI=1S/C41H37BrO11/c1-3-37(43)49-24-6-5-23-48-33-18-15-31(16-19-33)40(46)53-36-22-17-32(27-35(36)42)41(47)52-34-20-13-29(14-21-34)28-9-11-30(12-10-28)39(45)51-26-8-7-25-50-38(44)4-2/h3-4,9-22,27H,1-2,5-8,23-26H2. The molecule has 0 radical (unpaired) electrons. The molecule has 0 saturated heterocycles. The minimum Gasteiger partial charge on any atom is -0.494 e. The topological polar surface area (TPSA) is 141 Å². The van der Waals surface area contributed by atoms with Gasteiger partial charge in [-0.3, -0.25) is 0 Å². The Morgan fingerprint density at radius 2 is 0.962 bits per heavy atom. The highest BCUT2D eigenvalue weighted by atomic mass is 79.9. The van der Waals surface area contributed by atoms with Gasteiger partial charge in [-0.15, -0.1) is 0 Å². The Kier molecular flexibility index (Phi) is 15.6. The van der Waals surface area contributed by atoms with E-state index in [1.807, 2.05) is 0 Å². The first-order valence-electron chi connectivity index (χ1n) is 16.6. The molecule has 274 valence electrons. The predicted octanol–water partition coefficient (Wildman–Crippen LogP) is 8.11. The summed E-state index contributed by atoms with van der Waals surface area (Å²) in [5, 5.41) is 0. The van der Waals surface area contributed by atoms with Gasteiger partial charge < -0.3 is 28.4 Å². The van der Waals surface area contributed by atoms with Gasteiger partial charge in [0.05, 0.1) is 47.6 Å². The number of halogens is 1. The van der Waals surface area contributed by atoms with Crippen LogP contribution in [0.4, 0.5) is 0 Å². The summed E-state index contributed by atoms with van der Waals surface area (Å²) in [7, 11) is 0. The molecular formula is C41H37BrO11. The van der Waals surface area contributed by atoms with Gasteiger partial charge in [0.1, 0.15) is 17.2 Å². The van der Waals surface area contributed by atoms with Gasteiger partial charge in [0.2, 0.25) is 0 Å². The summed E-state index contributed by atoms with van der Waals surface area (Å²) in [6.45, 7) is 7.82. The molecule has 0 aliphatic carbocycles. The summed E-state index contributed by atoms with van der Waals surface area (Å²) in [4.78, 5) is 60.1. The number of ether oxygens (including phenoxy) is 6. The Morgan fingerprint density at radius 1 is 0.509 bits per heavy atom. The molecule has 0 aliphatic heterocycles. The van der Waals surface area contributed by atoms with Crippen LogP contribution in [0.25, 0.3) is 11.1 Å². The lowest BCUT2D eigenvalue weighted by atomic mass is 10.0. The van der Waals surface area contributed by atoms with Gasteiger partial charge in [0.15, 0.2) is 0 Å². The first-order chi connectivity index (χ1) is 25.7. The van der Waals surface area contributed by atoms with Crippen LogP contribution in [0.1, 0.15) is 56.8 Å². The average Bonchev–Trinajstić information content (AvgIpc) is 3.18. The third-order valence-corrected chi connectivity index (χ3v) is 8.00. The molecule has 0 heterocycles. The first kappa shape index (κ1) is 39.8. The van der Waals surface area contributed by atoms with Gasteiger partial charge in [-0.05, 0) is 119 Å². The smallest absolute Gasteiger partial charge is 0.343 e. The molecule has 0 unspecified atom stereocenters. The van der Waals surface area contributed by atoms with Crippen LogP contribution in [-0.4, -0.2) is 56.3 Å². The third-order valence-electron chi connectivity index (χ3n) is 7.38. The monoisotopic (exact) mass is 784 g/mol. The molecule has 4 aromatic carbocycles. The molecule has 0 bridgehead atoms. The van der Waals surface area contributed by atoms with E-state index in [9.17, 15) is 24.0 Å². The fraction of sp³-hybridized carbons (Fsp3) is 0.195. The summed E-state index contributed by atoms with van der Waals surface area (Å²) in [5.74, 6) is -1.48. The van der Waals surface area contributed by atoms with Crippen molar-refractivity contribution in [3.8, 4) is 28.4 Å². The van der Waals surface area contributed by atoms with E-state index in [1.165, 1.54) is 18.2 Å². The largest absolute Gasteiger partial charge is 0.494 e. The number of rotatable bonds is 19. The molecule has 0 spiro atoms. The van der Waals surface area contributed by atoms with Gasteiger partial charge in [0.25, 0.3) is 0 Å². The number of carbonyl (C=O) groups excluding carboxylic acids is 5. The van der Waals surface area contributed by atoms with E-state index in [1.54, 1.807) is 72.8 Å². The second-order valence-electron chi connectivity index (χ2n) is 11.2. The molecule has 12 heteroatoms. The van der Waals surface area contributed by atoms with Gasteiger partial charge >= 0.3 is 29.8 Å². The van der Waals surface area contributed by atoms with E-state index < -0.39 is 29.8 Å². The molecular weight excluding hydrogens is 748 g/mol. The van der Waals surface area contributed by atoms with Crippen LogP contribution in [0.2, 0.25) is 0 Å². The average molecular weight is 786 g/mol. The van der Waals surface area contributed by atoms with Crippen molar-refractivity contribution < 1.29 is 52.4 Å². The number of carbonyl (C=O) groups is 5. The number of unbranched alkanes of at least 4 members (excludes halogenated alkanes) is 2. The zero-order valence-corrected chi connectivity index (χ0v) is 30.3. The Balaban J connectivity index is 1.22. The van der Waals surface area contributed by atoms with E-state index in [0.29, 0.717) is 59.4 Å². The van der Waals surface area contributed by atoms with Crippen LogP contribution >= 0.6 is 15.9 Å². The minimum atomic E-state index is -0.606. The molecule has 0 aromatic heterocycles. The lowest BCUT2D eigenvalue weighted by molar-refractivity contribution is -0.138. The predicted molar refractivity (Wildman–Crippen MR) is 199 cm³/mol.